The Morgan fingerprint density at radius 3 is 2.78 bits per heavy atom. The highest BCUT2D eigenvalue weighted by molar-refractivity contribution is 9.10. The maximum atomic E-state index is 13.2. The summed E-state index contributed by atoms with van der Waals surface area (Å²) in [6, 6.07) is 5.74. The summed E-state index contributed by atoms with van der Waals surface area (Å²) in [6.45, 7) is 6.29. The fourth-order valence-electron chi connectivity index (χ4n) is 4.06. The van der Waals surface area contributed by atoms with Crippen LogP contribution in [0.3, 0.4) is 0 Å². The van der Waals surface area contributed by atoms with Crippen LogP contribution in [0.4, 0.5) is 0 Å². The number of nitrogens with two attached hydrogens (primary N) is 1. The minimum absolute atomic E-state index is 0.103. The van der Waals surface area contributed by atoms with Crippen LogP contribution >= 0.6 is 15.9 Å². The largest absolute Gasteiger partial charge is 0.490 e. The number of rotatable bonds is 5. The number of ether oxygens (including phenoxy) is 2. The monoisotopic (exact) mass is 437 g/mol. The highest BCUT2D eigenvalue weighted by Gasteiger charge is 2.54. The van der Waals surface area contributed by atoms with Crippen LogP contribution in [0.1, 0.15) is 45.6 Å². The maximum Gasteiger partial charge on any atom is 0.261 e. The van der Waals surface area contributed by atoms with Gasteiger partial charge in [0, 0.05) is 30.6 Å². The average Bonchev–Trinajstić information content (AvgIpc) is 2.84. The van der Waals surface area contributed by atoms with E-state index in [-0.39, 0.29) is 29.5 Å². The molecule has 148 valence electrons. The molecule has 3 unspecified atom stereocenters. The molecule has 0 fully saturated rings. The molecule has 0 saturated carbocycles. The number of carbonyl (C=O) groups is 1. The van der Waals surface area contributed by atoms with Crippen LogP contribution in [-0.4, -0.2) is 42.6 Å². The van der Waals surface area contributed by atoms with Gasteiger partial charge in [0.2, 0.25) is 0 Å². The number of nitrogens with zero attached hydrogens (tertiary/aromatic N) is 2. The van der Waals surface area contributed by atoms with Crippen molar-refractivity contribution in [2.75, 3.05) is 14.2 Å². The van der Waals surface area contributed by atoms with Crippen molar-refractivity contribution in [1.29, 1.82) is 0 Å². The molecule has 1 spiro atoms. The van der Waals surface area contributed by atoms with Crippen molar-refractivity contribution in [1.82, 2.24) is 4.90 Å². The van der Waals surface area contributed by atoms with Crippen LogP contribution in [0.5, 0.6) is 5.75 Å². The van der Waals surface area contributed by atoms with Gasteiger partial charge in [-0.2, -0.15) is 0 Å². The topological polar surface area (TPSA) is 77.2 Å². The number of halogens is 1. The third kappa shape index (κ3) is 3.47. The molecule has 2 aliphatic rings. The van der Waals surface area contributed by atoms with E-state index in [1.165, 1.54) is 4.90 Å². The van der Waals surface area contributed by atoms with Crippen LogP contribution in [0, 0.1) is 5.92 Å². The Morgan fingerprint density at radius 2 is 2.22 bits per heavy atom. The summed E-state index contributed by atoms with van der Waals surface area (Å²) in [5.74, 6) is 1.07. The first kappa shape index (κ1) is 20.1. The first-order valence-corrected chi connectivity index (χ1v) is 10.1. The van der Waals surface area contributed by atoms with Crippen molar-refractivity contribution in [3.8, 4) is 5.75 Å². The van der Waals surface area contributed by atoms with Gasteiger partial charge >= 0.3 is 0 Å². The fourth-order valence-corrected chi connectivity index (χ4v) is 4.42. The number of aliphatic imine (C=N–C) groups is 1. The highest BCUT2D eigenvalue weighted by atomic mass is 79.9. The predicted octanol–water partition coefficient (Wildman–Crippen LogP) is 3.42. The van der Waals surface area contributed by atoms with E-state index in [0.29, 0.717) is 12.2 Å². The lowest BCUT2D eigenvalue weighted by Crippen LogP contribution is -2.48. The lowest BCUT2D eigenvalue weighted by molar-refractivity contribution is -0.133. The Balaban J connectivity index is 2.05. The zero-order valence-corrected chi connectivity index (χ0v) is 18.2. The van der Waals surface area contributed by atoms with Gasteiger partial charge in [-0.3, -0.25) is 9.69 Å². The van der Waals surface area contributed by atoms with E-state index in [4.69, 9.17) is 15.2 Å². The highest BCUT2D eigenvalue weighted by Crippen LogP contribution is 2.48. The number of hydrogen-bond donors (Lipinski definition) is 1. The Hall–Kier alpha value is -1.60. The summed E-state index contributed by atoms with van der Waals surface area (Å²) in [5, 5.41) is 0. The molecular formula is C20H28BrN3O3. The smallest absolute Gasteiger partial charge is 0.261 e. The second-order valence-corrected chi connectivity index (χ2v) is 8.95. The van der Waals surface area contributed by atoms with Crippen LogP contribution in [-0.2, 0) is 15.1 Å². The standard InChI is InChI=1S/C20H28BrN3O3/c1-6-12(10-19(2,3)26-5)16-11-20(17(25)24(4)18(22)23-20)14-9-13(21)7-8-15(14)27-16/h7-9,12,16H,6,10-11H2,1-5H3,(H2,22,23). The minimum atomic E-state index is -1.02. The van der Waals surface area contributed by atoms with Crippen molar-refractivity contribution in [3.05, 3.63) is 28.2 Å². The molecule has 0 saturated heterocycles. The molecule has 2 heterocycles. The first-order chi connectivity index (χ1) is 12.6. The number of carbonyl (C=O) groups excluding carboxylic acids is 1. The summed E-state index contributed by atoms with van der Waals surface area (Å²) >= 11 is 3.50. The molecule has 6 nitrogen and oxygen atoms in total. The van der Waals surface area contributed by atoms with Crippen molar-refractivity contribution >= 4 is 27.8 Å². The summed E-state index contributed by atoms with van der Waals surface area (Å²) < 4.78 is 12.9. The molecule has 1 aromatic rings. The molecule has 0 aromatic heterocycles. The van der Waals surface area contributed by atoms with Crippen molar-refractivity contribution < 1.29 is 14.3 Å². The predicted molar refractivity (Wildman–Crippen MR) is 109 cm³/mol. The van der Waals surface area contributed by atoms with Gasteiger partial charge in [-0.15, -0.1) is 0 Å². The quantitative estimate of drug-likeness (QED) is 0.765. The lowest BCUT2D eigenvalue weighted by atomic mass is 9.76. The van der Waals surface area contributed by atoms with E-state index in [1.807, 2.05) is 18.2 Å². The first-order valence-electron chi connectivity index (χ1n) is 9.29. The SMILES string of the molecule is CCC(CC(C)(C)OC)C1CC2(N=C(N)N(C)C2=O)c2cc(Br)ccc2O1. The molecule has 0 radical (unpaired) electrons. The van der Waals surface area contributed by atoms with Gasteiger partial charge < -0.3 is 15.2 Å². The Labute approximate surface area is 169 Å². The second-order valence-electron chi connectivity index (χ2n) is 8.03. The number of fused-ring (bicyclic) bond motifs is 2. The third-order valence-corrected chi connectivity index (χ3v) is 6.32. The number of amides is 1. The molecule has 2 N–H and O–H groups in total. The minimum Gasteiger partial charge on any atom is -0.490 e. The van der Waals surface area contributed by atoms with Crippen LogP contribution in [0.15, 0.2) is 27.7 Å². The molecular weight excluding hydrogens is 410 g/mol. The van der Waals surface area contributed by atoms with Gasteiger partial charge in [0.05, 0.1) is 5.60 Å². The van der Waals surface area contributed by atoms with Crippen molar-refractivity contribution in [3.63, 3.8) is 0 Å². The molecule has 0 bridgehead atoms. The van der Waals surface area contributed by atoms with E-state index in [9.17, 15) is 4.79 Å². The fraction of sp³-hybridized carbons (Fsp3) is 0.600. The van der Waals surface area contributed by atoms with E-state index in [2.05, 4.69) is 41.7 Å². The zero-order valence-electron chi connectivity index (χ0n) is 16.6. The zero-order chi connectivity index (χ0) is 20.0. The van der Waals surface area contributed by atoms with Gasteiger partial charge in [0.15, 0.2) is 11.5 Å². The summed E-state index contributed by atoms with van der Waals surface area (Å²) in [4.78, 5) is 19.3. The molecule has 3 atom stereocenters. The van der Waals surface area contributed by atoms with Crippen LogP contribution < -0.4 is 10.5 Å². The van der Waals surface area contributed by atoms with Gasteiger partial charge in [0.25, 0.3) is 5.91 Å². The molecule has 2 aliphatic heterocycles. The molecule has 1 amide bonds. The average molecular weight is 438 g/mol. The molecule has 27 heavy (non-hydrogen) atoms. The normalized spacial score (nSPS) is 26.0. The van der Waals surface area contributed by atoms with Crippen LogP contribution in [0.2, 0.25) is 0 Å². The number of hydrogen-bond acceptors (Lipinski definition) is 5. The maximum absolute atomic E-state index is 13.2. The van der Waals surface area contributed by atoms with Crippen molar-refractivity contribution in [2.45, 2.75) is 57.3 Å². The van der Waals surface area contributed by atoms with Crippen molar-refractivity contribution in [2.24, 2.45) is 16.6 Å². The molecule has 1 aromatic carbocycles. The summed E-state index contributed by atoms with van der Waals surface area (Å²) in [5.41, 5.74) is 5.51. The van der Waals surface area contributed by atoms with Crippen LogP contribution in [0.25, 0.3) is 0 Å². The lowest BCUT2D eigenvalue weighted by Gasteiger charge is -2.41. The molecule has 7 heteroatoms. The Kier molecular flexibility index (Phi) is 5.29. The third-order valence-electron chi connectivity index (χ3n) is 5.83. The number of likely N-dealkylation sites (N-methyl/N-ethyl adjacent to an activating group) is 1. The molecule has 3 rings (SSSR count). The van der Waals surface area contributed by atoms with E-state index < -0.39 is 5.54 Å². The second kappa shape index (κ2) is 7.09. The van der Waals surface area contributed by atoms with Gasteiger partial charge in [0.1, 0.15) is 11.9 Å². The number of benzene rings is 1. The van der Waals surface area contributed by atoms with Gasteiger partial charge in [-0.25, -0.2) is 4.99 Å². The Bertz CT molecular complexity index is 780. The number of guanidine groups is 1. The van der Waals surface area contributed by atoms with Gasteiger partial charge in [-0.05, 0) is 50.8 Å². The summed E-state index contributed by atoms with van der Waals surface area (Å²) in [7, 11) is 3.40. The van der Waals surface area contributed by atoms with E-state index in [1.54, 1.807) is 14.2 Å². The van der Waals surface area contributed by atoms with Gasteiger partial charge in [-0.1, -0.05) is 22.9 Å². The van der Waals surface area contributed by atoms with E-state index >= 15 is 0 Å². The van der Waals surface area contributed by atoms with E-state index in [0.717, 1.165) is 22.9 Å². The summed E-state index contributed by atoms with van der Waals surface area (Å²) in [6.07, 6.45) is 2.07. The number of methoxy groups -OCH3 is 1. The molecule has 0 aliphatic carbocycles. The Morgan fingerprint density at radius 1 is 1.52 bits per heavy atom.